The van der Waals surface area contributed by atoms with Gasteiger partial charge in [0, 0.05) is 6.61 Å². The van der Waals surface area contributed by atoms with Crippen LogP contribution in [0.15, 0.2) is 58.7 Å². The molecule has 2 aliphatic carbocycles. The Hall–Kier alpha value is -1.64. The third-order valence-corrected chi connectivity index (χ3v) is 5.63. The molecule has 1 aromatic carbocycles. The maximum Gasteiger partial charge on any atom is 0.183 e. The fraction of sp³-hybridized carbons (Fsp3) is 0.364. The lowest BCUT2D eigenvalue weighted by Crippen LogP contribution is -2.25. The van der Waals surface area contributed by atoms with Gasteiger partial charge >= 0.3 is 0 Å². The van der Waals surface area contributed by atoms with Crippen LogP contribution in [0.5, 0.6) is 0 Å². The van der Waals surface area contributed by atoms with Crippen molar-refractivity contribution in [3.8, 4) is 0 Å². The number of hydrogen-bond donors (Lipinski definition) is 0. The molecule has 0 saturated carbocycles. The summed E-state index contributed by atoms with van der Waals surface area (Å²) in [5.41, 5.74) is 9.90. The van der Waals surface area contributed by atoms with Crippen LogP contribution in [0.4, 0.5) is 0 Å². The van der Waals surface area contributed by atoms with Crippen molar-refractivity contribution in [1.82, 2.24) is 0 Å². The quantitative estimate of drug-likeness (QED) is 0.567. The van der Waals surface area contributed by atoms with Crippen LogP contribution in [-0.2, 0) is 4.43 Å². The molecular formula is C22H28OSi. The van der Waals surface area contributed by atoms with Gasteiger partial charge in [-0.25, -0.2) is 0 Å². The van der Waals surface area contributed by atoms with Gasteiger partial charge in [0.1, 0.15) is 0 Å². The van der Waals surface area contributed by atoms with Gasteiger partial charge in [0.15, 0.2) is 8.32 Å². The predicted molar refractivity (Wildman–Crippen MR) is 107 cm³/mol. The molecule has 0 fully saturated rings. The first-order valence-electron chi connectivity index (χ1n) is 8.88. The topological polar surface area (TPSA) is 9.23 Å². The van der Waals surface area contributed by atoms with E-state index < -0.39 is 8.32 Å². The molecule has 2 aliphatic rings. The number of hydrogen-bond acceptors (Lipinski definition) is 1. The first kappa shape index (κ1) is 17.2. The Morgan fingerprint density at radius 3 is 2.58 bits per heavy atom. The van der Waals surface area contributed by atoms with Crippen LogP contribution >= 0.6 is 0 Å². The lowest BCUT2D eigenvalue weighted by atomic mass is 9.91. The molecular weight excluding hydrogens is 308 g/mol. The predicted octanol–water partition coefficient (Wildman–Crippen LogP) is 6.38. The van der Waals surface area contributed by atoms with Gasteiger partial charge in [-0.15, -0.1) is 0 Å². The first-order valence-corrected chi connectivity index (χ1v) is 12.3. The molecule has 2 heteroatoms. The van der Waals surface area contributed by atoms with Crippen LogP contribution in [0, 0.1) is 0 Å². The number of rotatable bonds is 5. The minimum Gasteiger partial charge on any atom is -0.417 e. The molecule has 0 N–H and O–H groups in total. The molecule has 0 bridgehead atoms. The van der Waals surface area contributed by atoms with Gasteiger partial charge < -0.3 is 4.43 Å². The molecule has 0 aromatic heterocycles. The summed E-state index contributed by atoms with van der Waals surface area (Å²) >= 11 is 0. The van der Waals surface area contributed by atoms with E-state index in [-0.39, 0.29) is 0 Å². The van der Waals surface area contributed by atoms with Crippen molar-refractivity contribution >= 4 is 20.0 Å². The van der Waals surface area contributed by atoms with E-state index in [2.05, 4.69) is 76.0 Å². The zero-order valence-electron chi connectivity index (χ0n) is 15.6. The van der Waals surface area contributed by atoms with E-state index in [0.717, 1.165) is 19.4 Å². The Balaban J connectivity index is 1.90. The van der Waals surface area contributed by atoms with E-state index in [0.29, 0.717) is 0 Å². The summed E-state index contributed by atoms with van der Waals surface area (Å²) in [6.07, 6.45) is 9.03. The zero-order chi connectivity index (χ0) is 17.3. The Bertz CT molecular complexity index is 765. The summed E-state index contributed by atoms with van der Waals surface area (Å²) in [5.74, 6) is 0. The number of fused-ring (bicyclic) bond motifs is 1. The Morgan fingerprint density at radius 2 is 1.88 bits per heavy atom. The second-order valence-electron chi connectivity index (χ2n) is 7.84. The summed E-state index contributed by atoms with van der Waals surface area (Å²) < 4.78 is 6.08. The van der Waals surface area contributed by atoms with Crippen LogP contribution < -0.4 is 0 Å². The maximum absolute atomic E-state index is 6.08. The summed E-state index contributed by atoms with van der Waals surface area (Å²) in [5, 5.41) is 0. The molecule has 1 aromatic rings. The highest BCUT2D eigenvalue weighted by molar-refractivity contribution is 6.69. The summed E-state index contributed by atoms with van der Waals surface area (Å²) in [7, 11) is -1.44. The SMILES string of the molecule is CC(C)=C1C(C2=C(CCO[Si](C)(C)C)C=CC2)=Cc2ccccc21. The largest absolute Gasteiger partial charge is 0.417 e. The van der Waals surface area contributed by atoms with Crippen LogP contribution in [-0.4, -0.2) is 14.9 Å². The Labute approximate surface area is 147 Å². The van der Waals surface area contributed by atoms with E-state index in [1.807, 2.05) is 0 Å². The highest BCUT2D eigenvalue weighted by Gasteiger charge is 2.25. The molecule has 0 amide bonds. The molecule has 0 saturated heterocycles. The minimum absolute atomic E-state index is 0.837. The average Bonchev–Trinajstić information content (AvgIpc) is 3.08. The fourth-order valence-corrected chi connectivity index (χ4v) is 4.25. The van der Waals surface area contributed by atoms with Crippen molar-refractivity contribution in [1.29, 1.82) is 0 Å². The molecule has 0 aliphatic heterocycles. The van der Waals surface area contributed by atoms with Crippen molar-refractivity contribution < 1.29 is 4.43 Å². The standard InChI is InChI=1S/C22H28OSi/c1-16(2)22-20-11-7-6-9-18(20)15-21(22)19-12-8-10-17(19)13-14-23-24(3,4)5/h6-11,15H,12-14H2,1-5H3. The van der Waals surface area contributed by atoms with Gasteiger partial charge in [-0.3, -0.25) is 0 Å². The lowest BCUT2D eigenvalue weighted by Gasteiger charge is -2.18. The van der Waals surface area contributed by atoms with Gasteiger partial charge in [-0.1, -0.05) is 42.0 Å². The van der Waals surface area contributed by atoms with Crippen LogP contribution in [0.1, 0.15) is 37.8 Å². The van der Waals surface area contributed by atoms with Crippen LogP contribution in [0.25, 0.3) is 11.6 Å². The van der Waals surface area contributed by atoms with Gasteiger partial charge in [0.2, 0.25) is 0 Å². The summed E-state index contributed by atoms with van der Waals surface area (Å²) in [4.78, 5) is 0. The fourth-order valence-electron chi connectivity index (χ4n) is 3.54. The molecule has 1 nitrogen and oxygen atoms in total. The van der Waals surface area contributed by atoms with Crippen molar-refractivity contribution in [2.75, 3.05) is 6.61 Å². The molecule has 24 heavy (non-hydrogen) atoms. The molecule has 126 valence electrons. The third kappa shape index (κ3) is 3.55. The number of allylic oxidation sites excluding steroid dienone is 6. The number of benzene rings is 1. The highest BCUT2D eigenvalue weighted by Crippen LogP contribution is 2.44. The van der Waals surface area contributed by atoms with E-state index in [1.165, 1.54) is 39.0 Å². The normalized spacial score (nSPS) is 16.7. The van der Waals surface area contributed by atoms with Crippen LogP contribution in [0.3, 0.4) is 0 Å². The van der Waals surface area contributed by atoms with E-state index in [1.54, 1.807) is 0 Å². The minimum atomic E-state index is -1.44. The monoisotopic (exact) mass is 336 g/mol. The molecule has 0 atom stereocenters. The Kier molecular flexibility index (Phi) is 4.80. The van der Waals surface area contributed by atoms with Gasteiger partial charge in [-0.05, 0) is 85.8 Å². The summed E-state index contributed by atoms with van der Waals surface area (Å²) in [6, 6.07) is 8.74. The van der Waals surface area contributed by atoms with Crippen molar-refractivity contribution in [3.05, 3.63) is 69.8 Å². The molecule has 0 unspecified atom stereocenters. The van der Waals surface area contributed by atoms with Crippen molar-refractivity contribution in [2.24, 2.45) is 0 Å². The smallest absolute Gasteiger partial charge is 0.183 e. The third-order valence-electron chi connectivity index (χ3n) is 4.56. The van der Waals surface area contributed by atoms with Crippen LogP contribution in [0.2, 0.25) is 19.6 Å². The maximum atomic E-state index is 6.08. The molecule has 3 rings (SSSR count). The van der Waals surface area contributed by atoms with Gasteiger partial charge in [0.25, 0.3) is 0 Å². The first-order chi connectivity index (χ1) is 11.4. The average molecular weight is 337 g/mol. The highest BCUT2D eigenvalue weighted by atomic mass is 28.4. The zero-order valence-corrected chi connectivity index (χ0v) is 16.6. The second kappa shape index (κ2) is 6.70. The summed E-state index contributed by atoms with van der Waals surface area (Å²) in [6.45, 7) is 12.0. The lowest BCUT2D eigenvalue weighted by molar-refractivity contribution is 0.316. The molecule has 0 heterocycles. The van der Waals surface area contributed by atoms with Crippen molar-refractivity contribution in [2.45, 2.75) is 46.3 Å². The van der Waals surface area contributed by atoms with Gasteiger partial charge in [0.05, 0.1) is 0 Å². The van der Waals surface area contributed by atoms with Gasteiger partial charge in [-0.2, -0.15) is 0 Å². The van der Waals surface area contributed by atoms with E-state index in [9.17, 15) is 0 Å². The van der Waals surface area contributed by atoms with E-state index in [4.69, 9.17) is 4.43 Å². The van der Waals surface area contributed by atoms with E-state index >= 15 is 0 Å². The molecule has 0 spiro atoms. The second-order valence-corrected chi connectivity index (χ2v) is 12.4. The Morgan fingerprint density at radius 1 is 1.12 bits per heavy atom. The van der Waals surface area contributed by atoms with Crippen molar-refractivity contribution in [3.63, 3.8) is 0 Å². The molecule has 0 radical (unpaired) electrons.